The summed E-state index contributed by atoms with van der Waals surface area (Å²) in [7, 11) is 0. The van der Waals surface area contributed by atoms with Gasteiger partial charge in [0.05, 0.1) is 11.7 Å². The minimum Gasteiger partial charge on any atom is -0.390 e. The first-order valence-corrected chi connectivity index (χ1v) is 4.52. The highest BCUT2D eigenvalue weighted by molar-refractivity contribution is 5.26. The van der Waals surface area contributed by atoms with Crippen LogP contribution in [0.3, 0.4) is 0 Å². The summed E-state index contributed by atoms with van der Waals surface area (Å²) in [6.45, 7) is 0. The molecule has 0 saturated heterocycles. The lowest BCUT2D eigenvalue weighted by Gasteiger charge is -2.24. The van der Waals surface area contributed by atoms with E-state index < -0.39 is 11.7 Å². The number of carbonyl (C=O) groups excluding carboxylic acids is 2. The molecule has 0 aromatic rings. The van der Waals surface area contributed by atoms with E-state index in [1.807, 2.05) is 0 Å². The second-order valence-corrected chi connectivity index (χ2v) is 3.67. The van der Waals surface area contributed by atoms with Gasteiger partial charge >= 0.3 is 0 Å². The molecule has 6 heteroatoms. The molecular formula is C9H14N2O4. The highest BCUT2D eigenvalue weighted by Crippen LogP contribution is 2.47. The lowest BCUT2D eigenvalue weighted by molar-refractivity contribution is -0.0561. The van der Waals surface area contributed by atoms with Crippen LogP contribution in [-0.4, -0.2) is 34.1 Å². The summed E-state index contributed by atoms with van der Waals surface area (Å²) < 4.78 is 0. The number of isocyanates is 2. The fourth-order valence-electron chi connectivity index (χ4n) is 2.20. The van der Waals surface area contributed by atoms with Crippen molar-refractivity contribution in [2.24, 2.45) is 5.92 Å². The molecule has 4 N–H and O–H groups in total. The Morgan fingerprint density at radius 3 is 1.87 bits per heavy atom. The number of rotatable bonds is 0. The van der Waals surface area contributed by atoms with Gasteiger partial charge in [-0.3, -0.25) is 0 Å². The molecule has 0 aliphatic heterocycles. The molecule has 3 atom stereocenters. The van der Waals surface area contributed by atoms with Crippen molar-refractivity contribution in [2.45, 2.75) is 37.4 Å². The average Bonchev–Trinajstić information content (AvgIpc) is 2.62. The van der Waals surface area contributed by atoms with E-state index in [1.165, 1.54) is 0 Å². The third-order valence-electron chi connectivity index (χ3n) is 2.80. The van der Waals surface area contributed by atoms with Gasteiger partial charge in [0.25, 0.3) is 0 Å². The SMILES string of the molecule is N=C=O.N=C=O.OC1CC2CCC1(O)C2. The summed E-state index contributed by atoms with van der Waals surface area (Å²) in [6, 6.07) is 0. The van der Waals surface area contributed by atoms with Crippen molar-refractivity contribution in [2.75, 3.05) is 0 Å². The summed E-state index contributed by atoms with van der Waals surface area (Å²) in [5, 5.41) is 29.6. The fourth-order valence-corrected chi connectivity index (χ4v) is 2.20. The van der Waals surface area contributed by atoms with Crippen LogP contribution in [0.1, 0.15) is 25.7 Å². The molecule has 6 nitrogen and oxygen atoms in total. The third kappa shape index (κ3) is 3.73. The summed E-state index contributed by atoms with van der Waals surface area (Å²) >= 11 is 0. The zero-order chi connectivity index (χ0) is 11.9. The monoisotopic (exact) mass is 214 g/mol. The Balaban J connectivity index is 0.000000280. The highest BCUT2D eigenvalue weighted by atomic mass is 16.3. The molecule has 0 radical (unpaired) electrons. The van der Waals surface area contributed by atoms with Gasteiger partial charge in [-0.2, -0.15) is 0 Å². The molecule has 2 rings (SSSR count). The van der Waals surface area contributed by atoms with Crippen LogP contribution >= 0.6 is 0 Å². The first-order valence-electron chi connectivity index (χ1n) is 4.52. The number of aliphatic hydroxyl groups excluding tert-OH is 1. The van der Waals surface area contributed by atoms with Crippen molar-refractivity contribution in [1.29, 1.82) is 10.8 Å². The van der Waals surface area contributed by atoms with Crippen LogP contribution in [0.25, 0.3) is 0 Å². The van der Waals surface area contributed by atoms with Gasteiger partial charge in [-0.05, 0) is 31.6 Å². The van der Waals surface area contributed by atoms with Crippen LogP contribution < -0.4 is 0 Å². The lowest BCUT2D eigenvalue weighted by Crippen LogP contribution is -2.36. The molecule has 0 aromatic heterocycles. The van der Waals surface area contributed by atoms with Gasteiger partial charge in [0.2, 0.25) is 12.2 Å². The topological polar surface area (TPSA) is 122 Å². The van der Waals surface area contributed by atoms with Gasteiger partial charge in [0.1, 0.15) is 0 Å². The zero-order valence-corrected chi connectivity index (χ0v) is 8.19. The maximum atomic E-state index is 9.56. The lowest BCUT2D eigenvalue weighted by atomic mass is 9.94. The van der Waals surface area contributed by atoms with Gasteiger partial charge in [0, 0.05) is 0 Å². The molecule has 2 aliphatic carbocycles. The van der Waals surface area contributed by atoms with Gasteiger partial charge < -0.3 is 10.2 Å². The van der Waals surface area contributed by atoms with Crippen LogP contribution in [-0.2, 0) is 9.59 Å². The first-order chi connectivity index (χ1) is 7.03. The number of hydrogen-bond acceptors (Lipinski definition) is 6. The van der Waals surface area contributed by atoms with Gasteiger partial charge in [-0.1, -0.05) is 0 Å². The van der Waals surface area contributed by atoms with E-state index in [2.05, 4.69) is 0 Å². The maximum Gasteiger partial charge on any atom is 0.231 e. The second-order valence-electron chi connectivity index (χ2n) is 3.67. The van der Waals surface area contributed by atoms with Crippen LogP contribution in [0.15, 0.2) is 0 Å². The van der Waals surface area contributed by atoms with E-state index in [0.29, 0.717) is 5.92 Å². The second kappa shape index (κ2) is 6.22. The smallest absolute Gasteiger partial charge is 0.231 e. The summed E-state index contributed by atoms with van der Waals surface area (Å²) in [5.41, 5.74) is -0.676. The number of hydrogen-bond donors (Lipinski definition) is 4. The Labute approximate surface area is 86.9 Å². The van der Waals surface area contributed by atoms with Crippen LogP contribution in [0.4, 0.5) is 0 Å². The van der Waals surface area contributed by atoms with E-state index in [1.54, 1.807) is 0 Å². The minimum atomic E-state index is -0.676. The van der Waals surface area contributed by atoms with Gasteiger partial charge in [-0.25, -0.2) is 20.4 Å². The Morgan fingerprint density at radius 2 is 1.73 bits per heavy atom. The largest absolute Gasteiger partial charge is 0.390 e. The minimum absolute atomic E-state index is 0.420. The number of aliphatic hydroxyl groups is 2. The molecule has 0 spiro atoms. The quantitative estimate of drug-likeness (QED) is 0.337. The van der Waals surface area contributed by atoms with Crippen molar-refractivity contribution in [3.63, 3.8) is 0 Å². The van der Waals surface area contributed by atoms with Crippen molar-refractivity contribution in [1.82, 2.24) is 0 Å². The van der Waals surface area contributed by atoms with Crippen molar-refractivity contribution >= 4 is 12.2 Å². The van der Waals surface area contributed by atoms with Crippen molar-refractivity contribution in [3.05, 3.63) is 0 Å². The molecule has 0 heterocycles. The van der Waals surface area contributed by atoms with Crippen molar-refractivity contribution < 1.29 is 19.8 Å². The predicted molar refractivity (Wildman–Crippen MR) is 49.7 cm³/mol. The van der Waals surface area contributed by atoms with Crippen LogP contribution in [0.2, 0.25) is 0 Å². The summed E-state index contributed by atoms with van der Waals surface area (Å²) in [6.07, 6.45) is 4.69. The predicted octanol–water partition coefficient (Wildman–Crippen LogP) is 0.0841. The summed E-state index contributed by atoms with van der Waals surface area (Å²) in [4.78, 5) is 16.7. The molecule has 0 aromatic carbocycles. The van der Waals surface area contributed by atoms with Crippen LogP contribution in [0.5, 0.6) is 0 Å². The van der Waals surface area contributed by atoms with Gasteiger partial charge in [0.15, 0.2) is 0 Å². The molecule has 15 heavy (non-hydrogen) atoms. The normalized spacial score (nSPS) is 35.1. The highest BCUT2D eigenvalue weighted by Gasteiger charge is 2.50. The molecular weight excluding hydrogens is 200 g/mol. The Bertz CT molecular complexity index is 257. The first kappa shape index (κ1) is 13.7. The third-order valence-corrected chi connectivity index (χ3v) is 2.80. The van der Waals surface area contributed by atoms with E-state index in [4.69, 9.17) is 20.4 Å². The standard InChI is InChI=1S/C7H12O2.2CHNO/c8-6-3-5-1-2-7(6,9)4-5;2*2-1-3/h5-6,8-9H,1-4H2;2*2H. The molecule has 2 bridgehead atoms. The Hall–Kier alpha value is -1.32. The Kier molecular flexibility index (Phi) is 5.67. The maximum absolute atomic E-state index is 9.56. The Morgan fingerprint density at radius 1 is 1.27 bits per heavy atom. The van der Waals surface area contributed by atoms with Crippen LogP contribution in [0, 0.1) is 16.7 Å². The average molecular weight is 214 g/mol. The molecule has 2 fully saturated rings. The number of nitrogens with one attached hydrogen (secondary N) is 2. The fraction of sp³-hybridized carbons (Fsp3) is 0.778. The molecule has 3 unspecified atom stereocenters. The van der Waals surface area contributed by atoms with Crippen molar-refractivity contribution in [3.8, 4) is 0 Å². The molecule has 2 saturated carbocycles. The van der Waals surface area contributed by atoms with E-state index in [9.17, 15) is 10.2 Å². The summed E-state index contributed by atoms with van der Waals surface area (Å²) in [5.74, 6) is 0.616. The molecule has 2 aliphatic rings. The number of fused-ring (bicyclic) bond motifs is 2. The van der Waals surface area contributed by atoms with E-state index in [0.717, 1.165) is 37.8 Å². The molecule has 84 valence electrons. The van der Waals surface area contributed by atoms with E-state index >= 15 is 0 Å². The van der Waals surface area contributed by atoms with Gasteiger partial charge in [-0.15, -0.1) is 0 Å². The van der Waals surface area contributed by atoms with E-state index in [-0.39, 0.29) is 0 Å². The zero-order valence-electron chi connectivity index (χ0n) is 8.19. The molecule has 0 amide bonds.